The summed E-state index contributed by atoms with van der Waals surface area (Å²) in [6.45, 7) is 6.11. The van der Waals surface area contributed by atoms with Crippen LogP contribution in [0.1, 0.15) is 24.5 Å². The van der Waals surface area contributed by atoms with Gasteiger partial charge in [0.25, 0.3) is 0 Å². The monoisotopic (exact) mass is 255 g/mol. The minimum Gasteiger partial charge on any atom is -0.457 e. The fraction of sp³-hybridized carbons (Fsp3) is 0.294. The molecule has 0 saturated carbocycles. The second-order valence-electron chi connectivity index (χ2n) is 4.70. The lowest BCUT2D eigenvalue weighted by molar-refractivity contribution is 0.472. The number of hydrogen-bond donors (Lipinski definition) is 1. The summed E-state index contributed by atoms with van der Waals surface area (Å²) in [4.78, 5) is 0. The van der Waals surface area contributed by atoms with Gasteiger partial charge in [0.05, 0.1) is 0 Å². The molecule has 0 bridgehead atoms. The maximum atomic E-state index is 5.96. The Morgan fingerprint density at radius 2 is 1.74 bits per heavy atom. The van der Waals surface area contributed by atoms with Gasteiger partial charge in [-0.2, -0.15) is 0 Å². The van der Waals surface area contributed by atoms with Crippen molar-refractivity contribution in [2.24, 2.45) is 0 Å². The van der Waals surface area contributed by atoms with Crippen LogP contribution in [0.2, 0.25) is 0 Å². The molecule has 19 heavy (non-hydrogen) atoms. The lowest BCUT2D eigenvalue weighted by Gasteiger charge is -2.11. The van der Waals surface area contributed by atoms with Gasteiger partial charge in [0.15, 0.2) is 0 Å². The van der Waals surface area contributed by atoms with Gasteiger partial charge in [-0.15, -0.1) is 0 Å². The standard InChI is InChI=1S/C17H21NO/c1-3-12-18-13-15-6-4-5-7-17(15)19-16-10-8-14(2)9-11-16/h4-11,18H,3,12-13H2,1-2H3. The normalized spacial score (nSPS) is 10.4. The first kappa shape index (κ1) is 13.6. The first-order valence-electron chi connectivity index (χ1n) is 6.82. The van der Waals surface area contributed by atoms with Crippen molar-refractivity contribution in [1.29, 1.82) is 0 Å². The molecule has 0 unspecified atom stereocenters. The molecule has 0 heterocycles. The van der Waals surface area contributed by atoms with E-state index in [0.717, 1.165) is 31.0 Å². The number of hydrogen-bond acceptors (Lipinski definition) is 2. The fourth-order valence-electron chi connectivity index (χ4n) is 1.88. The second-order valence-corrected chi connectivity index (χ2v) is 4.70. The van der Waals surface area contributed by atoms with Crippen LogP contribution in [0.3, 0.4) is 0 Å². The minimum atomic E-state index is 0.843. The fourth-order valence-corrected chi connectivity index (χ4v) is 1.88. The Hall–Kier alpha value is -1.80. The third kappa shape index (κ3) is 4.11. The predicted octanol–water partition coefficient (Wildman–Crippen LogP) is 4.29. The van der Waals surface area contributed by atoms with Gasteiger partial charge in [0.1, 0.15) is 11.5 Å². The molecule has 0 aliphatic rings. The van der Waals surface area contributed by atoms with Gasteiger partial charge in [0.2, 0.25) is 0 Å². The van der Waals surface area contributed by atoms with Crippen molar-refractivity contribution >= 4 is 0 Å². The molecule has 2 aromatic carbocycles. The minimum absolute atomic E-state index is 0.843. The van der Waals surface area contributed by atoms with Crippen LogP contribution in [-0.4, -0.2) is 6.54 Å². The van der Waals surface area contributed by atoms with E-state index >= 15 is 0 Å². The van der Waals surface area contributed by atoms with E-state index in [4.69, 9.17) is 4.74 Å². The number of nitrogens with one attached hydrogen (secondary N) is 1. The molecule has 2 rings (SSSR count). The third-order valence-electron chi connectivity index (χ3n) is 2.96. The van der Waals surface area contributed by atoms with E-state index in [9.17, 15) is 0 Å². The maximum Gasteiger partial charge on any atom is 0.131 e. The van der Waals surface area contributed by atoms with Gasteiger partial charge in [-0.25, -0.2) is 0 Å². The Balaban J connectivity index is 2.08. The van der Waals surface area contributed by atoms with Crippen LogP contribution in [0, 0.1) is 6.92 Å². The maximum absolute atomic E-state index is 5.96. The predicted molar refractivity (Wildman–Crippen MR) is 79.7 cm³/mol. The zero-order valence-corrected chi connectivity index (χ0v) is 11.6. The van der Waals surface area contributed by atoms with E-state index < -0.39 is 0 Å². The molecule has 0 aromatic heterocycles. The van der Waals surface area contributed by atoms with Crippen molar-refractivity contribution in [2.75, 3.05) is 6.54 Å². The Bertz CT molecular complexity index is 505. The molecule has 0 atom stereocenters. The van der Waals surface area contributed by atoms with Crippen LogP contribution >= 0.6 is 0 Å². The topological polar surface area (TPSA) is 21.3 Å². The first-order chi connectivity index (χ1) is 9.29. The Morgan fingerprint density at radius 1 is 1.00 bits per heavy atom. The molecule has 100 valence electrons. The SMILES string of the molecule is CCCNCc1ccccc1Oc1ccc(C)cc1. The number of para-hydroxylation sites is 1. The van der Waals surface area contributed by atoms with Gasteiger partial charge in [-0.3, -0.25) is 0 Å². The summed E-state index contributed by atoms with van der Waals surface area (Å²) in [6.07, 6.45) is 1.14. The molecule has 0 saturated heterocycles. The highest BCUT2D eigenvalue weighted by atomic mass is 16.5. The summed E-state index contributed by atoms with van der Waals surface area (Å²) in [5, 5.41) is 3.41. The van der Waals surface area contributed by atoms with Crippen molar-refractivity contribution in [3.8, 4) is 11.5 Å². The van der Waals surface area contributed by atoms with Gasteiger partial charge in [-0.05, 0) is 38.1 Å². The van der Waals surface area contributed by atoms with Crippen LogP contribution in [-0.2, 0) is 6.54 Å². The van der Waals surface area contributed by atoms with Crippen molar-refractivity contribution in [3.63, 3.8) is 0 Å². The molecule has 0 aliphatic heterocycles. The average Bonchev–Trinajstić information content (AvgIpc) is 2.43. The lowest BCUT2D eigenvalue weighted by atomic mass is 10.2. The average molecular weight is 255 g/mol. The summed E-state index contributed by atoms with van der Waals surface area (Å²) in [5.41, 5.74) is 2.43. The highest BCUT2D eigenvalue weighted by molar-refractivity contribution is 5.38. The Kier molecular flexibility index (Phi) is 4.99. The van der Waals surface area contributed by atoms with E-state index in [1.807, 2.05) is 30.3 Å². The van der Waals surface area contributed by atoms with Crippen LogP contribution in [0.25, 0.3) is 0 Å². The van der Waals surface area contributed by atoms with Crippen LogP contribution < -0.4 is 10.1 Å². The number of benzene rings is 2. The molecule has 2 nitrogen and oxygen atoms in total. The highest BCUT2D eigenvalue weighted by Crippen LogP contribution is 2.25. The van der Waals surface area contributed by atoms with Crippen molar-refractivity contribution in [3.05, 3.63) is 59.7 Å². The van der Waals surface area contributed by atoms with Crippen molar-refractivity contribution < 1.29 is 4.74 Å². The smallest absolute Gasteiger partial charge is 0.131 e. The van der Waals surface area contributed by atoms with Crippen LogP contribution in [0.5, 0.6) is 11.5 Å². The Morgan fingerprint density at radius 3 is 2.47 bits per heavy atom. The van der Waals surface area contributed by atoms with E-state index in [2.05, 4.69) is 37.4 Å². The number of rotatable bonds is 6. The molecule has 1 N–H and O–H groups in total. The summed E-state index contributed by atoms with van der Waals surface area (Å²) in [6, 6.07) is 16.3. The second kappa shape index (κ2) is 6.95. The molecular weight excluding hydrogens is 234 g/mol. The first-order valence-corrected chi connectivity index (χ1v) is 6.82. The molecule has 0 fully saturated rings. The van der Waals surface area contributed by atoms with Gasteiger partial charge in [-0.1, -0.05) is 42.8 Å². The van der Waals surface area contributed by atoms with Crippen LogP contribution in [0.15, 0.2) is 48.5 Å². The van der Waals surface area contributed by atoms with Crippen molar-refractivity contribution in [2.45, 2.75) is 26.8 Å². The molecular formula is C17H21NO. The summed E-state index contributed by atoms with van der Waals surface area (Å²) >= 11 is 0. The highest BCUT2D eigenvalue weighted by Gasteiger charge is 2.03. The quantitative estimate of drug-likeness (QED) is 0.778. The Labute approximate surface area is 115 Å². The summed E-state index contributed by atoms with van der Waals surface area (Å²) in [5.74, 6) is 1.81. The molecule has 0 radical (unpaired) electrons. The van der Waals surface area contributed by atoms with Gasteiger partial charge in [0, 0.05) is 12.1 Å². The van der Waals surface area contributed by atoms with E-state index in [1.165, 1.54) is 11.1 Å². The molecule has 2 heteroatoms. The molecule has 0 amide bonds. The summed E-state index contributed by atoms with van der Waals surface area (Å²) in [7, 11) is 0. The molecule has 0 spiro atoms. The summed E-state index contributed by atoms with van der Waals surface area (Å²) < 4.78 is 5.96. The molecule has 0 aliphatic carbocycles. The zero-order valence-electron chi connectivity index (χ0n) is 11.6. The van der Waals surface area contributed by atoms with E-state index in [0.29, 0.717) is 0 Å². The third-order valence-corrected chi connectivity index (χ3v) is 2.96. The van der Waals surface area contributed by atoms with E-state index in [1.54, 1.807) is 0 Å². The van der Waals surface area contributed by atoms with E-state index in [-0.39, 0.29) is 0 Å². The zero-order chi connectivity index (χ0) is 13.5. The largest absolute Gasteiger partial charge is 0.457 e. The lowest BCUT2D eigenvalue weighted by Crippen LogP contribution is -2.14. The van der Waals surface area contributed by atoms with Crippen molar-refractivity contribution in [1.82, 2.24) is 5.32 Å². The number of ether oxygens (including phenoxy) is 1. The number of aryl methyl sites for hydroxylation is 1. The van der Waals surface area contributed by atoms with Gasteiger partial charge < -0.3 is 10.1 Å². The molecule has 2 aromatic rings. The van der Waals surface area contributed by atoms with Crippen LogP contribution in [0.4, 0.5) is 0 Å². The van der Waals surface area contributed by atoms with Gasteiger partial charge >= 0.3 is 0 Å².